The van der Waals surface area contributed by atoms with Crippen molar-refractivity contribution in [2.45, 2.75) is 37.8 Å². The van der Waals surface area contributed by atoms with Crippen molar-refractivity contribution in [2.24, 2.45) is 0 Å². The van der Waals surface area contributed by atoms with Crippen molar-refractivity contribution in [1.29, 1.82) is 0 Å². The monoisotopic (exact) mass is 399 g/mol. The minimum absolute atomic E-state index is 0.0340. The fourth-order valence-corrected chi connectivity index (χ4v) is 4.35. The first-order chi connectivity index (χ1) is 13.7. The van der Waals surface area contributed by atoms with E-state index in [1.54, 1.807) is 18.4 Å². The normalized spacial score (nSPS) is 19.8. The fraction of sp³-hybridized carbons (Fsp3) is 0.429. The van der Waals surface area contributed by atoms with Crippen LogP contribution in [0.1, 0.15) is 36.0 Å². The molecule has 1 aromatic carbocycles. The zero-order valence-corrected chi connectivity index (χ0v) is 16.8. The lowest BCUT2D eigenvalue weighted by molar-refractivity contribution is -0.00408. The molecule has 4 rings (SSSR count). The van der Waals surface area contributed by atoms with E-state index >= 15 is 0 Å². The molecule has 1 saturated carbocycles. The Morgan fingerprint density at radius 3 is 2.89 bits per heavy atom. The molecule has 1 amide bonds. The summed E-state index contributed by atoms with van der Waals surface area (Å²) in [6.07, 6.45) is 5.93. The number of amides is 1. The predicted molar refractivity (Wildman–Crippen MR) is 111 cm³/mol. The van der Waals surface area contributed by atoms with Crippen molar-refractivity contribution >= 4 is 28.1 Å². The molecule has 0 radical (unpaired) electrons. The van der Waals surface area contributed by atoms with E-state index in [2.05, 4.69) is 21.4 Å². The Hall–Kier alpha value is -2.22. The highest BCUT2D eigenvalue weighted by atomic mass is 32.1. The van der Waals surface area contributed by atoms with E-state index in [1.807, 2.05) is 29.2 Å². The summed E-state index contributed by atoms with van der Waals surface area (Å²) >= 11 is 1.55. The van der Waals surface area contributed by atoms with Gasteiger partial charge in [0.25, 0.3) is 5.91 Å². The number of rotatable bonds is 7. The lowest BCUT2D eigenvalue weighted by Crippen LogP contribution is -2.39. The van der Waals surface area contributed by atoms with Crippen LogP contribution in [0, 0.1) is 0 Å². The molecule has 1 aliphatic carbocycles. The molecule has 3 aromatic rings. The molecule has 0 atom stereocenters. The molecule has 0 saturated heterocycles. The van der Waals surface area contributed by atoms with Crippen LogP contribution in [0.25, 0.3) is 22.2 Å². The van der Waals surface area contributed by atoms with Crippen LogP contribution < -0.4 is 5.32 Å². The van der Waals surface area contributed by atoms with Crippen LogP contribution in [0.3, 0.4) is 0 Å². The van der Waals surface area contributed by atoms with Gasteiger partial charge in [-0.2, -0.15) is 0 Å². The van der Waals surface area contributed by atoms with Gasteiger partial charge in [-0.15, -0.1) is 11.3 Å². The second-order valence-electron chi connectivity index (χ2n) is 7.15. The van der Waals surface area contributed by atoms with Crippen LogP contribution in [0.15, 0.2) is 35.3 Å². The molecule has 148 valence electrons. The third kappa shape index (κ3) is 4.27. The number of aromatic nitrogens is 2. The highest BCUT2D eigenvalue weighted by Crippen LogP contribution is 2.28. The van der Waals surface area contributed by atoms with Crippen LogP contribution in [-0.4, -0.2) is 48.3 Å². The van der Waals surface area contributed by atoms with Crippen LogP contribution in [0.5, 0.6) is 0 Å². The molecule has 6 nitrogen and oxygen atoms in total. The van der Waals surface area contributed by atoms with E-state index < -0.39 is 0 Å². The van der Waals surface area contributed by atoms with Gasteiger partial charge in [0.1, 0.15) is 0 Å². The molecule has 0 unspecified atom stereocenters. The van der Waals surface area contributed by atoms with Gasteiger partial charge in [-0.05, 0) is 43.9 Å². The number of nitrogens with one attached hydrogen (secondary N) is 2. The highest BCUT2D eigenvalue weighted by molar-refractivity contribution is 7.07. The summed E-state index contributed by atoms with van der Waals surface area (Å²) < 4.78 is 10.8. The summed E-state index contributed by atoms with van der Waals surface area (Å²) in [7, 11) is 1.68. The zero-order valence-electron chi connectivity index (χ0n) is 15.9. The summed E-state index contributed by atoms with van der Waals surface area (Å²) in [5.74, 6) is -0.0340. The molecule has 1 fully saturated rings. The Kier molecular flexibility index (Phi) is 6.04. The first kappa shape index (κ1) is 19.1. The van der Waals surface area contributed by atoms with Crippen LogP contribution in [0.2, 0.25) is 0 Å². The number of thiazole rings is 1. The van der Waals surface area contributed by atoms with E-state index in [4.69, 9.17) is 9.47 Å². The minimum atomic E-state index is -0.0340. The number of hydrogen-bond acceptors (Lipinski definition) is 5. The number of aromatic amines is 1. The molecule has 7 heteroatoms. The number of H-pyrrole nitrogens is 1. The molecular formula is C21H25N3O3S. The Morgan fingerprint density at radius 2 is 2.14 bits per heavy atom. The first-order valence-corrected chi connectivity index (χ1v) is 10.6. The number of fused-ring (bicyclic) bond motifs is 1. The standard InChI is InChI=1S/C21H25N3O3S/c1-26-8-9-27-17-4-2-16(3-5-17)24-21(25)18-11-15(19-12-28-13-23-19)10-14-6-7-22-20(14)18/h6-7,10-13,16-17,22H,2-5,8-9H2,1H3,(H,24,25). The van der Waals surface area contributed by atoms with Gasteiger partial charge >= 0.3 is 0 Å². The van der Waals surface area contributed by atoms with Gasteiger partial charge in [-0.3, -0.25) is 4.79 Å². The number of carbonyl (C=O) groups excluding carboxylic acids is 1. The summed E-state index contributed by atoms with van der Waals surface area (Å²) in [6, 6.07) is 6.18. The zero-order chi connectivity index (χ0) is 19.3. The number of benzene rings is 1. The topological polar surface area (TPSA) is 76.2 Å². The van der Waals surface area contributed by atoms with Gasteiger partial charge in [0, 0.05) is 35.7 Å². The molecule has 0 aliphatic heterocycles. The van der Waals surface area contributed by atoms with Crippen molar-refractivity contribution < 1.29 is 14.3 Å². The summed E-state index contributed by atoms with van der Waals surface area (Å²) in [5.41, 5.74) is 5.21. The second-order valence-corrected chi connectivity index (χ2v) is 7.87. The Labute approximate surface area is 168 Å². The SMILES string of the molecule is COCCOC1CCC(NC(=O)c2cc(-c3cscn3)cc3cc[nH]c23)CC1. The second kappa shape index (κ2) is 8.86. The third-order valence-corrected chi connectivity index (χ3v) is 5.87. The number of nitrogens with zero attached hydrogens (tertiary/aromatic N) is 1. The van der Waals surface area contributed by atoms with Gasteiger partial charge in [0.15, 0.2) is 0 Å². The molecule has 0 spiro atoms. The van der Waals surface area contributed by atoms with E-state index in [1.165, 1.54) is 0 Å². The number of carbonyl (C=O) groups is 1. The molecule has 2 aromatic heterocycles. The number of methoxy groups -OCH3 is 1. The first-order valence-electron chi connectivity index (χ1n) is 9.65. The van der Waals surface area contributed by atoms with E-state index in [-0.39, 0.29) is 18.1 Å². The fourth-order valence-electron chi connectivity index (χ4n) is 3.79. The predicted octanol–water partition coefficient (Wildman–Crippen LogP) is 4.00. The van der Waals surface area contributed by atoms with Crippen molar-refractivity contribution in [3.8, 4) is 11.3 Å². The van der Waals surface area contributed by atoms with Gasteiger partial charge in [-0.1, -0.05) is 0 Å². The molecule has 0 bridgehead atoms. The van der Waals surface area contributed by atoms with Crippen molar-refractivity contribution in [3.05, 3.63) is 40.8 Å². The maximum Gasteiger partial charge on any atom is 0.253 e. The Morgan fingerprint density at radius 1 is 1.29 bits per heavy atom. The third-order valence-electron chi connectivity index (χ3n) is 5.28. The summed E-state index contributed by atoms with van der Waals surface area (Å²) in [4.78, 5) is 20.6. The summed E-state index contributed by atoms with van der Waals surface area (Å²) in [5, 5.41) is 6.24. The van der Waals surface area contributed by atoms with Crippen LogP contribution >= 0.6 is 11.3 Å². The van der Waals surface area contributed by atoms with E-state index in [9.17, 15) is 4.79 Å². The van der Waals surface area contributed by atoms with Gasteiger partial charge < -0.3 is 19.8 Å². The van der Waals surface area contributed by atoms with Crippen molar-refractivity contribution in [1.82, 2.24) is 15.3 Å². The van der Waals surface area contributed by atoms with Crippen molar-refractivity contribution in [2.75, 3.05) is 20.3 Å². The van der Waals surface area contributed by atoms with Gasteiger partial charge in [0.05, 0.1) is 41.6 Å². The average Bonchev–Trinajstić information content (AvgIpc) is 3.40. The molecular weight excluding hydrogens is 374 g/mol. The molecule has 1 aliphatic rings. The highest BCUT2D eigenvalue weighted by Gasteiger charge is 2.24. The Balaban J connectivity index is 1.44. The largest absolute Gasteiger partial charge is 0.382 e. The average molecular weight is 400 g/mol. The number of hydrogen-bond donors (Lipinski definition) is 2. The van der Waals surface area contributed by atoms with Crippen LogP contribution in [0.4, 0.5) is 0 Å². The van der Waals surface area contributed by atoms with Crippen molar-refractivity contribution in [3.63, 3.8) is 0 Å². The lowest BCUT2D eigenvalue weighted by Gasteiger charge is -2.29. The van der Waals surface area contributed by atoms with E-state index in [0.717, 1.165) is 47.8 Å². The summed E-state index contributed by atoms with van der Waals surface area (Å²) in [6.45, 7) is 1.25. The molecule has 28 heavy (non-hydrogen) atoms. The lowest BCUT2D eigenvalue weighted by atomic mass is 9.92. The molecule has 2 N–H and O–H groups in total. The van der Waals surface area contributed by atoms with Gasteiger partial charge in [0.2, 0.25) is 0 Å². The minimum Gasteiger partial charge on any atom is -0.382 e. The maximum atomic E-state index is 13.0. The number of ether oxygens (including phenoxy) is 2. The maximum absolute atomic E-state index is 13.0. The quantitative estimate of drug-likeness (QED) is 0.589. The molecule has 2 heterocycles. The van der Waals surface area contributed by atoms with Gasteiger partial charge in [-0.25, -0.2) is 4.98 Å². The smallest absolute Gasteiger partial charge is 0.253 e. The van der Waals surface area contributed by atoms with Crippen LogP contribution in [-0.2, 0) is 9.47 Å². The Bertz CT molecular complexity index is 914. The van der Waals surface area contributed by atoms with E-state index in [0.29, 0.717) is 18.8 Å².